The number of carbonyl (C=O) groups is 3. The third-order valence-corrected chi connectivity index (χ3v) is 5.49. The van der Waals surface area contributed by atoms with Crippen LogP contribution in [0.1, 0.15) is 5.56 Å². The lowest BCUT2D eigenvalue weighted by Crippen LogP contribution is -2.36. The van der Waals surface area contributed by atoms with E-state index in [9.17, 15) is 23.9 Å². The number of halogens is 4. The van der Waals surface area contributed by atoms with E-state index < -0.39 is 29.4 Å². The van der Waals surface area contributed by atoms with Gasteiger partial charge in [-0.15, -0.1) is 0 Å². The molecule has 1 heterocycles. The summed E-state index contributed by atoms with van der Waals surface area (Å²) < 4.78 is 13.2. The Morgan fingerprint density at radius 1 is 1.14 bits per heavy atom. The molecule has 0 unspecified atom stereocenters. The summed E-state index contributed by atoms with van der Waals surface area (Å²) in [5, 5.41) is 11.2. The molecule has 11 heteroatoms. The van der Waals surface area contributed by atoms with Crippen molar-refractivity contribution in [3.63, 3.8) is 0 Å². The fourth-order valence-electron chi connectivity index (χ4n) is 2.37. The number of thioether (sulfide) groups is 1. The summed E-state index contributed by atoms with van der Waals surface area (Å²) in [6.07, 6.45) is 1.37. The highest BCUT2D eigenvalue weighted by Gasteiger charge is 2.36. The number of phenolic OH excluding ortho intramolecular Hbond substituents is 1. The van der Waals surface area contributed by atoms with Crippen LogP contribution in [0.5, 0.6) is 5.75 Å². The quantitative estimate of drug-likeness (QED) is 0.596. The van der Waals surface area contributed by atoms with Gasteiger partial charge in [0.1, 0.15) is 12.4 Å². The number of rotatable bonds is 4. The lowest BCUT2D eigenvalue weighted by molar-refractivity contribution is -0.127. The molecule has 3 amide bonds. The van der Waals surface area contributed by atoms with Crippen LogP contribution in [0.2, 0.25) is 15.1 Å². The van der Waals surface area contributed by atoms with E-state index in [0.717, 1.165) is 11.0 Å². The Balaban J connectivity index is 1.73. The zero-order valence-corrected chi connectivity index (χ0v) is 17.3. The third kappa shape index (κ3) is 4.84. The number of hydrogen-bond acceptors (Lipinski definition) is 5. The number of benzene rings is 2. The Morgan fingerprint density at radius 2 is 1.79 bits per heavy atom. The number of imide groups is 1. The predicted molar refractivity (Wildman–Crippen MR) is 111 cm³/mol. The van der Waals surface area contributed by atoms with Crippen molar-refractivity contribution >= 4 is 75.4 Å². The number of phenols is 1. The van der Waals surface area contributed by atoms with Gasteiger partial charge in [0.05, 0.1) is 20.0 Å². The maximum atomic E-state index is 13.2. The Kier molecular flexibility index (Phi) is 6.38. The predicted octanol–water partition coefficient (Wildman–Crippen LogP) is 5.17. The van der Waals surface area contributed by atoms with Crippen molar-refractivity contribution in [3.05, 3.63) is 61.7 Å². The second kappa shape index (κ2) is 8.62. The molecule has 1 aliphatic rings. The number of nitrogens with zero attached hydrogens (tertiary/aromatic N) is 1. The molecule has 0 radical (unpaired) electrons. The van der Waals surface area contributed by atoms with Crippen LogP contribution in [0.4, 0.5) is 14.9 Å². The van der Waals surface area contributed by atoms with Crippen LogP contribution in [0.3, 0.4) is 0 Å². The third-order valence-electron chi connectivity index (χ3n) is 3.72. The highest BCUT2D eigenvalue weighted by Crippen LogP contribution is 2.36. The van der Waals surface area contributed by atoms with Crippen LogP contribution >= 0.6 is 46.6 Å². The average molecular weight is 476 g/mol. The van der Waals surface area contributed by atoms with Crippen molar-refractivity contribution in [1.29, 1.82) is 0 Å². The largest absolute Gasteiger partial charge is 0.505 e. The molecule has 1 fully saturated rings. The van der Waals surface area contributed by atoms with Crippen molar-refractivity contribution < 1.29 is 23.9 Å². The van der Waals surface area contributed by atoms with Crippen LogP contribution in [0, 0.1) is 5.82 Å². The van der Waals surface area contributed by atoms with Crippen LogP contribution in [-0.4, -0.2) is 33.6 Å². The summed E-state index contributed by atoms with van der Waals surface area (Å²) in [6, 6.07) is 6.34. The monoisotopic (exact) mass is 474 g/mol. The minimum absolute atomic E-state index is 0.0136. The number of carbonyl (C=O) groups excluding carboxylic acids is 3. The van der Waals surface area contributed by atoms with Gasteiger partial charge in [0.25, 0.3) is 11.1 Å². The summed E-state index contributed by atoms with van der Waals surface area (Å²) in [4.78, 5) is 37.6. The van der Waals surface area contributed by atoms with Crippen molar-refractivity contribution in [2.45, 2.75) is 0 Å². The molecule has 0 spiro atoms. The lowest BCUT2D eigenvalue weighted by atomic mass is 10.2. The second-order valence-electron chi connectivity index (χ2n) is 5.78. The van der Waals surface area contributed by atoms with E-state index in [0.29, 0.717) is 17.3 Å². The average Bonchev–Trinajstić information content (AvgIpc) is 2.90. The van der Waals surface area contributed by atoms with E-state index in [1.807, 2.05) is 0 Å². The van der Waals surface area contributed by atoms with Gasteiger partial charge in [-0.05, 0) is 53.7 Å². The SMILES string of the molecule is O=C(CN1C(=O)S/C(=C\c2cc(Cl)c(O)c(Cl)c2)C1=O)Nc1ccc(F)c(Cl)c1. The molecule has 3 rings (SSSR count). The molecule has 0 aromatic heterocycles. The molecular formula is C18H10Cl3FN2O4S. The molecule has 2 aromatic carbocycles. The first kappa shape index (κ1) is 21.4. The maximum Gasteiger partial charge on any atom is 0.294 e. The van der Waals surface area contributed by atoms with Crippen molar-refractivity contribution in [3.8, 4) is 5.75 Å². The topological polar surface area (TPSA) is 86.7 Å². The first-order valence-corrected chi connectivity index (χ1v) is 9.79. The molecule has 0 saturated carbocycles. The number of aromatic hydroxyl groups is 1. The molecule has 1 saturated heterocycles. The molecular weight excluding hydrogens is 466 g/mol. The Hall–Kier alpha value is -2.26. The van der Waals surface area contributed by atoms with E-state index in [-0.39, 0.29) is 31.4 Å². The molecule has 29 heavy (non-hydrogen) atoms. The van der Waals surface area contributed by atoms with Gasteiger partial charge >= 0.3 is 0 Å². The van der Waals surface area contributed by atoms with E-state index in [4.69, 9.17) is 34.8 Å². The van der Waals surface area contributed by atoms with Crippen LogP contribution in [0.15, 0.2) is 35.2 Å². The van der Waals surface area contributed by atoms with Gasteiger partial charge in [0.2, 0.25) is 5.91 Å². The van der Waals surface area contributed by atoms with Gasteiger partial charge in [-0.3, -0.25) is 19.3 Å². The smallest absolute Gasteiger partial charge is 0.294 e. The van der Waals surface area contributed by atoms with Gasteiger partial charge in [0, 0.05) is 5.69 Å². The van der Waals surface area contributed by atoms with E-state index >= 15 is 0 Å². The molecule has 150 valence electrons. The zero-order chi connectivity index (χ0) is 21.3. The first-order chi connectivity index (χ1) is 13.7. The highest BCUT2D eigenvalue weighted by molar-refractivity contribution is 8.18. The molecule has 0 atom stereocenters. The Labute approximate surface area is 183 Å². The van der Waals surface area contributed by atoms with E-state index in [2.05, 4.69) is 5.32 Å². The maximum absolute atomic E-state index is 13.2. The minimum Gasteiger partial charge on any atom is -0.505 e. The van der Waals surface area contributed by atoms with Crippen LogP contribution < -0.4 is 5.32 Å². The van der Waals surface area contributed by atoms with E-state index in [1.165, 1.54) is 30.3 Å². The number of anilines is 1. The summed E-state index contributed by atoms with van der Waals surface area (Å²) in [5.41, 5.74) is 0.617. The van der Waals surface area contributed by atoms with Gasteiger partial charge in [-0.1, -0.05) is 34.8 Å². The van der Waals surface area contributed by atoms with Crippen molar-refractivity contribution in [2.75, 3.05) is 11.9 Å². The summed E-state index contributed by atoms with van der Waals surface area (Å²) in [5.74, 6) is -2.27. The molecule has 2 aromatic rings. The number of nitrogens with one attached hydrogen (secondary N) is 1. The summed E-state index contributed by atoms with van der Waals surface area (Å²) in [6.45, 7) is -0.534. The number of amides is 3. The Bertz CT molecular complexity index is 1050. The summed E-state index contributed by atoms with van der Waals surface area (Å²) >= 11 is 18.0. The van der Waals surface area contributed by atoms with Gasteiger partial charge in [0.15, 0.2) is 5.75 Å². The number of hydrogen-bond donors (Lipinski definition) is 2. The highest BCUT2D eigenvalue weighted by atomic mass is 35.5. The van der Waals surface area contributed by atoms with Gasteiger partial charge in [-0.2, -0.15) is 0 Å². The standard InChI is InChI=1S/C18H10Cl3FN2O4S/c19-10-6-9(1-2-13(10)22)23-15(25)7-24-17(27)14(29-18(24)28)5-8-3-11(20)16(26)12(21)4-8/h1-6,26H,7H2,(H,23,25)/b14-5-. The van der Waals surface area contributed by atoms with Crippen molar-refractivity contribution in [1.82, 2.24) is 4.90 Å². The van der Waals surface area contributed by atoms with Gasteiger partial charge < -0.3 is 10.4 Å². The Morgan fingerprint density at radius 3 is 2.41 bits per heavy atom. The minimum atomic E-state index is -0.674. The van der Waals surface area contributed by atoms with Gasteiger partial charge in [-0.25, -0.2) is 4.39 Å². The van der Waals surface area contributed by atoms with E-state index in [1.54, 1.807) is 0 Å². The molecule has 1 aliphatic heterocycles. The van der Waals surface area contributed by atoms with Crippen LogP contribution in [-0.2, 0) is 9.59 Å². The molecule has 2 N–H and O–H groups in total. The summed E-state index contributed by atoms with van der Waals surface area (Å²) in [7, 11) is 0. The lowest BCUT2D eigenvalue weighted by Gasteiger charge is -2.12. The first-order valence-electron chi connectivity index (χ1n) is 7.84. The second-order valence-corrected chi connectivity index (χ2v) is 7.99. The van der Waals surface area contributed by atoms with Crippen molar-refractivity contribution in [2.24, 2.45) is 0 Å². The van der Waals surface area contributed by atoms with Crippen LogP contribution in [0.25, 0.3) is 6.08 Å². The molecule has 0 aliphatic carbocycles. The molecule has 6 nitrogen and oxygen atoms in total. The fraction of sp³-hybridized carbons (Fsp3) is 0.0556. The zero-order valence-electron chi connectivity index (χ0n) is 14.2. The molecule has 0 bridgehead atoms. The fourth-order valence-corrected chi connectivity index (χ4v) is 3.90. The normalized spacial score (nSPS) is 15.3.